The number of benzene rings is 1. The van der Waals surface area contributed by atoms with E-state index in [0.717, 1.165) is 35.0 Å². The van der Waals surface area contributed by atoms with Crippen LogP contribution in [0.4, 0.5) is 0 Å². The predicted octanol–water partition coefficient (Wildman–Crippen LogP) is 2.95. The largest absolute Gasteiger partial charge is 0.486 e. The van der Waals surface area contributed by atoms with Gasteiger partial charge in [-0.1, -0.05) is 6.92 Å². The monoisotopic (exact) mass is 354 g/mol. The summed E-state index contributed by atoms with van der Waals surface area (Å²) in [6, 6.07) is 4.47. The third-order valence-corrected chi connectivity index (χ3v) is 5.08. The Hall–Kier alpha value is -0.780. The number of halogens is 1. The van der Waals surface area contributed by atoms with Gasteiger partial charge < -0.3 is 15.2 Å². The summed E-state index contributed by atoms with van der Waals surface area (Å²) in [6.07, 6.45) is 2.50. The zero-order valence-electron chi connectivity index (χ0n) is 12.5. The van der Waals surface area contributed by atoms with Crippen LogP contribution in [0, 0.1) is 5.92 Å². The third-order valence-electron chi connectivity index (χ3n) is 4.49. The topological polar surface area (TPSA) is 47.7 Å². The van der Waals surface area contributed by atoms with Gasteiger partial charge in [0.05, 0.1) is 4.47 Å². The Kier molecular flexibility index (Phi) is 4.72. The number of nitrogens with two attached hydrogens (primary N) is 1. The molecule has 1 aromatic rings. The normalized spacial score (nSPS) is 21.3. The highest BCUT2D eigenvalue weighted by Crippen LogP contribution is 2.41. The van der Waals surface area contributed by atoms with Gasteiger partial charge in [-0.2, -0.15) is 0 Å². The van der Waals surface area contributed by atoms with Crippen molar-refractivity contribution in [3.05, 3.63) is 22.2 Å². The maximum Gasteiger partial charge on any atom is 0.175 e. The Balaban J connectivity index is 1.85. The minimum Gasteiger partial charge on any atom is -0.486 e. The zero-order valence-corrected chi connectivity index (χ0v) is 14.1. The van der Waals surface area contributed by atoms with Gasteiger partial charge >= 0.3 is 0 Å². The van der Waals surface area contributed by atoms with Gasteiger partial charge in [-0.15, -0.1) is 0 Å². The van der Waals surface area contributed by atoms with Crippen molar-refractivity contribution >= 4 is 15.9 Å². The molecule has 2 aliphatic heterocycles. The molecule has 0 radical (unpaired) electrons. The van der Waals surface area contributed by atoms with Crippen LogP contribution in [0.1, 0.15) is 31.4 Å². The van der Waals surface area contributed by atoms with Crippen molar-refractivity contribution in [1.29, 1.82) is 0 Å². The molecular formula is C16H23BrN2O2. The summed E-state index contributed by atoms with van der Waals surface area (Å²) < 4.78 is 12.4. The highest BCUT2D eigenvalue weighted by atomic mass is 79.9. The van der Waals surface area contributed by atoms with Crippen LogP contribution >= 0.6 is 15.9 Å². The second kappa shape index (κ2) is 6.55. The molecule has 5 heteroatoms. The summed E-state index contributed by atoms with van der Waals surface area (Å²) in [5, 5.41) is 0. The number of rotatable bonds is 3. The molecule has 4 nitrogen and oxygen atoms in total. The summed E-state index contributed by atoms with van der Waals surface area (Å²) >= 11 is 3.60. The van der Waals surface area contributed by atoms with Crippen molar-refractivity contribution < 1.29 is 9.47 Å². The van der Waals surface area contributed by atoms with E-state index in [2.05, 4.69) is 39.9 Å². The fourth-order valence-corrected chi connectivity index (χ4v) is 3.73. The first kappa shape index (κ1) is 15.1. The molecule has 116 valence electrons. The van der Waals surface area contributed by atoms with Crippen LogP contribution in [0.15, 0.2) is 16.6 Å². The van der Waals surface area contributed by atoms with Gasteiger partial charge in [0.2, 0.25) is 0 Å². The molecule has 1 saturated heterocycles. The quantitative estimate of drug-likeness (QED) is 0.906. The predicted molar refractivity (Wildman–Crippen MR) is 86.9 cm³/mol. The van der Waals surface area contributed by atoms with Gasteiger partial charge in [0.15, 0.2) is 11.5 Å². The van der Waals surface area contributed by atoms with E-state index in [0.29, 0.717) is 19.8 Å². The maximum absolute atomic E-state index is 6.07. The minimum atomic E-state index is 0.254. The van der Waals surface area contributed by atoms with Gasteiger partial charge in [-0.05, 0) is 65.5 Å². The van der Waals surface area contributed by atoms with Crippen molar-refractivity contribution in [3.63, 3.8) is 0 Å². The van der Waals surface area contributed by atoms with Crippen LogP contribution in [0.5, 0.6) is 11.5 Å². The van der Waals surface area contributed by atoms with Crippen molar-refractivity contribution in [2.75, 3.05) is 32.8 Å². The third kappa shape index (κ3) is 3.20. The molecule has 0 aromatic heterocycles. The van der Waals surface area contributed by atoms with Gasteiger partial charge in [0.25, 0.3) is 0 Å². The van der Waals surface area contributed by atoms with E-state index < -0.39 is 0 Å². The van der Waals surface area contributed by atoms with Crippen molar-refractivity contribution in [2.45, 2.75) is 25.8 Å². The van der Waals surface area contributed by atoms with E-state index in [-0.39, 0.29) is 6.04 Å². The van der Waals surface area contributed by atoms with Gasteiger partial charge in [0.1, 0.15) is 13.2 Å². The molecule has 2 aliphatic rings. The Morgan fingerprint density at radius 1 is 1.29 bits per heavy atom. The second-order valence-electron chi connectivity index (χ2n) is 6.00. The van der Waals surface area contributed by atoms with Crippen LogP contribution in [-0.4, -0.2) is 37.7 Å². The summed E-state index contributed by atoms with van der Waals surface area (Å²) in [5.74, 6) is 2.47. The van der Waals surface area contributed by atoms with E-state index in [1.807, 2.05) is 0 Å². The molecular weight excluding hydrogens is 332 g/mol. The van der Waals surface area contributed by atoms with Crippen LogP contribution in [-0.2, 0) is 0 Å². The first-order chi connectivity index (χ1) is 10.2. The summed E-state index contributed by atoms with van der Waals surface area (Å²) in [4.78, 5) is 2.50. The minimum absolute atomic E-state index is 0.254. The molecule has 1 atom stereocenters. The number of hydrogen-bond donors (Lipinski definition) is 1. The molecule has 2 heterocycles. The Morgan fingerprint density at radius 2 is 2.00 bits per heavy atom. The van der Waals surface area contributed by atoms with Gasteiger partial charge in [0, 0.05) is 12.6 Å². The van der Waals surface area contributed by atoms with Crippen molar-refractivity contribution in [1.82, 2.24) is 4.90 Å². The lowest BCUT2D eigenvalue weighted by Gasteiger charge is -2.36. The van der Waals surface area contributed by atoms with E-state index in [4.69, 9.17) is 15.2 Å². The SMILES string of the molecule is CC1CCN(C(CN)c2cc(Br)c3c(c2)OCCO3)CC1. The number of nitrogens with zero attached hydrogens (tertiary/aromatic N) is 1. The molecule has 21 heavy (non-hydrogen) atoms. The zero-order chi connectivity index (χ0) is 14.8. The standard InChI is InChI=1S/C16H23BrN2O2/c1-11-2-4-19(5-3-11)14(10-18)12-8-13(17)16-15(9-12)20-6-7-21-16/h8-9,11,14H,2-7,10,18H2,1H3. The Bertz CT molecular complexity index is 501. The van der Waals surface area contributed by atoms with E-state index in [1.54, 1.807) is 0 Å². The maximum atomic E-state index is 6.07. The molecule has 0 saturated carbocycles. The number of piperidine rings is 1. The summed E-state index contributed by atoms with van der Waals surface area (Å²) in [6.45, 7) is 6.41. The molecule has 1 unspecified atom stereocenters. The van der Waals surface area contributed by atoms with Crippen LogP contribution in [0.3, 0.4) is 0 Å². The average molecular weight is 355 g/mol. The van der Waals surface area contributed by atoms with Crippen LogP contribution in [0.2, 0.25) is 0 Å². The smallest absolute Gasteiger partial charge is 0.175 e. The molecule has 3 rings (SSSR count). The number of likely N-dealkylation sites (tertiary alicyclic amines) is 1. The lowest BCUT2D eigenvalue weighted by Crippen LogP contribution is -2.39. The Labute approximate surface area is 134 Å². The fourth-order valence-electron chi connectivity index (χ4n) is 3.16. The number of ether oxygens (including phenoxy) is 2. The molecule has 0 spiro atoms. The molecule has 2 N–H and O–H groups in total. The molecule has 0 amide bonds. The second-order valence-corrected chi connectivity index (χ2v) is 6.85. The van der Waals surface area contributed by atoms with Crippen LogP contribution in [0.25, 0.3) is 0 Å². The van der Waals surface area contributed by atoms with Gasteiger partial charge in [-0.3, -0.25) is 4.90 Å². The van der Waals surface area contributed by atoms with E-state index in [1.165, 1.54) is 18.4 Å². The number of fused-ring (bicyclic) bond motifs is 1. The average Bonchev–Trinajstić information content (AvgIpc) is 2.50. The fraction of sp³-hybridized carbons (Fsp3) is 0.625. The first-order valence-electron chi connectivity index (χ1n) is 7.72. The van der Waals surface area contributed by atoms with Gasteiger partial charge in [-0.25, -0.2) is 0 Å². The molecule has 1 fully saturated rings. The Morgan fingerprint density at radius 3 is 2.71 bits per heavy atom. The molecule has 0 aliphatic carbocycles. The highest BCUT2D eigenvalue weighted by molar-refractivity contribution is 9.10. The highest BCUT2D eigenvalue weighted by Gasteiger charge is 2.26. The lowest BCUT2D eigenvalue weighted by molar-refractivity contribution is 0.139. The lowest BCUT2D eigenvalue weighted by atomic mass is 9.95. The molecule has 0 bridgehead atoms. The van der Waals surface area contributed by atoms with Crippen molar-refractivity contribution in [3.8, 4) is 11.5 Å². The van der Waals surface area contributed by atoms with Crippen molar-refractivity contribution in [2.24, 2.45) is 11.7 Å². The first-order valence-corrected chi connectivity index (χ1v) is 8.51. The van der Waals surface area contributed by atoms with E-state index >= 15 is 0 Å². The number of hydrogen-bond acceptors (Lipinski definition) is 4. The van der Waals surface area contributed by atoms with Crippen LogP contribution < -0.4 is 15.2 Å². The summed E-state index contributed by atoms with van der Waals surface area (Å²) in [7, 11) is 0. The summed E-state index contributed by atoms with van der Waals surface area (Å²) in [5.41, 5.74) is 7.28. The molecule has 1 aromatic carbocycles. The van der Waals surface area contributed by atoms with E-state index in [9.17, 15) is 0 Å².